The Hall–Kier alpha value is -3.09. The number of rotatable bonds is 5. The SMILES string of the molecule is COc1nccc2c(C(=O)Nc3c(F)cccc3NC3CC3)c[nH]c12. The molecule has 4 rings (SSSR count). The van der Waals surface area contributed by atoms with Crippen molar-refractivity contribution in [3.8, 4) is 5.88 Å². The predicted octanol–water partition coefficient (Wildman–Crippen LogP) is 3.54. The number of methoxy groups -OCH3 is 1. The fourth-order valence-electron chi connectivity index (χ4n) is 2.77. The molecule has 1 fully saturated rings. The zero-order valence-electron chi connectivity index (χ0n) is 13.6. The van der Waals surface area contributed by atoms with Crippen molar-refractivity contribution >= 4 is 28.2 Å². The molecule has 1 aliphatic rings. The van der Waals surface area contributed by atoms with E-state index in [1.807, 2.05) is 0 Å². The lowest BCUT2D eigenvalue weighted by molar-refractivity contribution is 0.102. The Bertz CT molecular complexity index is 949. The van der Waals surface area contributed by atoms with Crippen molar-refractivity contribution in [2.75, 3.05) is 17.7 Å². The van der Waals surface area contributed by atoms with Crippen LogP contribution in [0.25, 0.3) is 10.9 Å². The minimum absolute atomic E-state index is 0.162. The number of carbonyl (C=O) groups is 1. The Kier molecular flexibility index (Phi) is 3.76. The molecule has 3 aromatic rings. The third kappa shape index (κ3) is 2.88. The van der Waals surface area contributed by atoms with E-state index in [1.165, 1.54) is 13.2 Å². The highest BCUT2D eigenvalue weighted by Crippen LogP contribution is 2.32. The van der Waals surface area contributed by atoms with E-state index in [0.717, 1.165) is 12.8 Å². The van der Waals surface area contributed by atoms with E-state index in [9.17, 15) is 9.18 Å². The smallest absolute Gasteiger partial charge is 0.257 e. The molecule has 0 unspecified atom stereocenters. The molecule has 0 radical (unpaired) electrons. The lowest BCUT2D eigenvalue weighted by Gasteiger charge is -2.13. The zero-order valence-corrected chi connectivity index (χ0v) is 13.6. The third-order valence-electron chi connectivity index (χ3n) is 4.19. The molecule has 2 heterocycles. The number of nitrogens with zero attached hydrogens (tertiary/aromatic N) is 1. The van der Waals surface area contributed by atoms with Gasteiger partial charge in [0.15, 0.2) is 0 Å². The van der Waals surface area contributed by atoms with Crippen LogP contribution in [0.3, 0.4) is 0 Å². The van der Waals surface area contributed by atoms with Crippen LogP contribution in [0.5, 0.6) is 5.88 Å². The maximum atomic E-state index is 14.3. The van der Waals surface area contributed by atoms with Crippen molar-refractivity contribution in [3.05, 3.63) is 48.0 Å². The van der Waals surface area contributed by atoms with Crippen molar-refractivity contribution in [2.24, 2.45) is 0 Å². The number of hydrogen-bond acceptors (Lipinski definition) is 4. The van der Waals surface area contributed by atoms with Gasteiger partial charge in [-0.25, -0.2) is 9.37 Å². The van der Waals surface area contributed by atoms with Crippen LogP contribution in [-0.4, -0.2) is 29.0 Å². The summed E-state index contributed by atoms with van der Waals surface area (Å²) >= 11 is 0. The largest absolute Gasteiger partial charge is 0.479 e. The summed E-state index contributed by atoms with van der Waals surface area (Å²) in [6.45, 7) is 0. The van der Waals surface area contributed by atoms with Gasteiger partial charge in [-0.05, 0) is 31.0 Å². The van der Waals surface area contributed by atoms with Crippen molar-refractivity contribution in [1.82, 2.24) is 9.97 Å². The summed E-state index contributed by atoms with van der Waals surface area (Å²) in [5.74, 6) is -0.472. The second kappa shape index (κ2) is 6.08. The van der Waals surface area contributed by atoms with Crippen molar-refractivity contribution in [1.29, 1.82) is 0 Å². The Morgan fingerprint density at radius 2 is 2.20 bits per heavy atom. The van der Waals surface area contributed by atoms with E-state index in [2.05, 4.69) is 20.6 Å². The van der Waals surface area contributed by atoms with Gasteiger partial charge in [-0.2, -0.15) is 0 Å². The van der Waals surface area contributed by atoms with Gasteiger partial charge in [0.2, 0.25) is 5.88 Å². The maximum absolute atomic E-state index is 14.3. The van der Waals surface area contributed by atoms with Crippen LogP contribution in [0.15, 0.2) is 36.7 Å². The van der Waals surface area contributed by atoms with Gasteiger partial charge < -0.3 is 20.4 Å². The number of para-hydroxylation sites is 1. The molecule has 7 heteroatoms. The number of pyridine rings is 1. The van der Waals surface area contributed by atoms with E-state index in [1.54, 1.807) is 30.6 Å². The number of aromatic amines is 1. The summed E-state index contributed by atoms with van der Waals surface area (Å²) in [5.41, 5.74) is 1.78. The number of halogens is 1. The number of anilines is 2. The number of carbonyl (C=O) groups excluding carboxylic acids is 1. The first kappa shape index (κ1) is 15.4. The maximum Gasteiger partial charge on any atom is 0.257 e. The fourth-order valence-corrected chi connectivity index (χ4v) is 2.77. The van der Waals surface area contributed by atoms with Gasteiger partial charge >= 0.3 is 0 Å². The summed E-state index contributed by atoms with van der Waals surface area (Å²) in [6.07, 6.45) is 5.24. The first-order chi connectivity index (χ1) is 12.2. The van der Waals surface area contributed by atoms with E-state index in [0.29, 0.717) is 34.1 Å². The molecule has 1 saturated carbocycles. The molecule has 0 bridgehead atoms. The second-order valence-electron chi connectivity index (χ2n) is 5.98. The van der Waals surface area contributed by atoms with Gasteiger partial charge in [0, 0.05) is 23.8 Å². The third-order valence-corrected chi connectivity index (χ3v) is 4.19. The van der Waals surface area contributed by atoms with Crippen molar-refractivity contribution in [3.63, 3.8) is 0 Å². The molecule has 3 N–H and O–H groups in total. The number of ether oxygens (including phenoxy) is 1. The van der Waals surface area contributed by atoms with E-state index < -0.39 is 11.7 Å². The zero-order chi connectivity index (χ0) is 17.4. The second-order valence-corrected chi connectivity index (χ2v) is 5.98. The molecule has 1 aromatic carbocycles. The van der Waals surface area contributed by atoms with Crippen LogP contribution in [0.1, 0.15) is 23.2 Å². The first-order valence-electron chi connectivity index (χ1n) is 8.04. The predicted molar refractivity (Wildman–Crippen MR) is 93.6 cm³/mol. The van der Waals surface area contributed by atoms with Gasteiger partial charge in [-0.3, -0.25) is 4.79 Å². The molecule has 0 aliphatic heterocycles. The quantitative estimate of drug-likeness (QED) is 0.664. The lowest BCUT2D eigenvalue weighted by atomic mass is 10.2. The highest BCUT2D eigenvalue weighted by molar-refractivity contribution is 6.14. The lowest BCUT2D eigenvalue weighted by Crippen LogP contribution is -2.15. The van der Waals surface area contributed by atoms with Crippen LogP contribution in [0, 0.1) is 5.82 Å². The highest BCUT2D eigenvalue weighted by atomic mass is 19.1. The standard InChI is InChI=1S/C18H17FN4O2/c1-25-18-15-11(7-8-20-18)12(9-21-15)17(24)23-16-13(19)3-2-4-14(16)22-10-5-6-10/h2-4,7-10,21-22H,5-6H2,1H3,(H,23,24). The van der Waals surface area contributed by atoms with E-state index in [4.69, 9.17) is 4.74 Å². The van der Waals surface area contributed by atoms with Crippen LogP contribution < -0.4 is 15.4 Å². The average Bonchev–Trinajstić information content (AvgIpc) is 3.32. The number of amides is 1. The Morgan fingerprint density at radius 1 is 1.36 bits per heavy atom. The summed E-state index contributed by atoms with van der Waals surface area (Å²) in [6, 6.07) is 6.78. The van der Waals surface area contributed by atoms with Gasteiger partial charge in [-0.15, -0.1) is 0 Å². The van der Waals surface area contributed by atoms with Gasteiger partial charge in [0.1, 0.15) is 17.0 Å². The van der Waals surface area contributed by atoms with Crippen molar-refractivity contribution in [2.45, 2.75) is 18.9 Å². The number of benzene rings is 1. The fraction of sp³-hybridized carbons (Fsp3) is 0.222. The van der Waals surface area contributed by atoms with Crippen LogP contribution in [0.4, 0.5) is 15.8 Å². The van der Waals surface area contributed by atoms with Gasteiger partial charge in [-0.1, -0.05) is 6.07 Å². The van der Waals surface area contributed by atoms with Gasteiger partial charge in [0.05, 0.1) is 18.4 Å². The molecule has 2 aromatic heterocycles. The molecule has 1 aliphatic carbocycles. The molecule has 6 nitrogen and oxygen atoms in total. The number of nitrogens with one attached hydrogen (secondary N) is 3. The van der Waals surface area contributed by atoms with Crippen LogP contribution >= 0.6 is 0 Å². The normalized spacial score (nSPS) is 13.7. The molecule has 0 saturated heterocycles. The van der Waals surface area contributed by atoms with Crippen LogP contribution in [0.2, 0.25) is 0 Å². The molecular weight excluding hydrogens is 323 g/mol. The molecule has 25 heavy (non-hydrogen) atoms. The van der Waals surface area contributed by atoms with E-state index >= 15 is 0 Å². The first-order valence-corrected chi connectivity index (χ1v) is 8.04. The van der Waals surface area contributed by atoms with E-state index in [-0.39, 0.29) is 5.69 Å². The topological polar surface area (TPSA) is 79.0 Å². The molecule has 0 atom stereocenters. The number of aromatic nitrogens is 2. The molecular formula is C18H17FN4O2. The number of H-pyrrole nitrogens is 1. The molecule has 0 spiro atoms. The minimum Gasteiger partial charge on any atom is -0.479 e. The summed E-state index contributed by atoms with van der Waals surface area (Å²) < 4.78 is 19.4. The van der Waals surface area contributed by atoms with Gasteiger partial charge in [0.25, 0.3) is 5.91 Å². The number of hydrogen-bond donors (Lipinski definition) is 3. The monoisotopic (exact) mass is 340 g/mol. The Morgan fingerprint density at radius 3 is 2.96 bits per heavy atom. The summed E-state index contributed by atoms with van der Waals surface area (Å²) in [4.78, 5) is 19.8. The Labute approximate surface area is 143 Å². The molecule has 1 amide bonds. The summed E-state index contributed by atoms with van der Waals surface area (Å²) in [5, 5.41) is 6.59. The highest BCUT2D eigenvalue weighted by Gasteiger charge is 2.24. The Balaban J connectivity index is 1.67. The average molecular weight is 340 g/mol. The minimum atomic E-state index is -0.474. The van der Waals surface area contributed by atoms with Crippen molar-refractivity contribution < 1.29 is 13.9 Å². The summed E-state index contributed by atoms with van der Waals surface area (Å²) in [7, 11) is 1.51. The van der Waals surface area contributed by atoms with Crippen LogP contribution in [-0.2, 0) is 0 Å². The molecule has 128 valence electrons. The number of fused-ring (bicyclic) bond motifs is 1.